The molecule has 0 saturated carbocycles. The second-order valence-corrected chi connectivity index (χ2v) is 7.42. The molecule has 2 heterocycles. The van der Waals surface area contributed by atoms with Crippen LogP contribution in [0.1, 0.15) is 17.0 Å². The molecule has 1 aromatic carbocycles. The molecule has 0 bridgehead atoms. The predicted molar refractivity (Wildman–Crippen MR) is 80.8 cm³/mol. The van der Waals surface area contributed by atoms with Crippen molar-refractivity contribution >= 4 is 27.0 Å². The van der Waals surface area contributed by atoms with E-state index >= 15 is 0 Å². The summed E-state index contributed by atoms with van der Waals surface area (Å²) in [5.41, 5.74) is 7.08. The summed E-state index contributed by atoms with van der Waals surface area (Å²) < 4.78 is 33.0. The van der Waals surface area contributed by atoms with Crippen LogP contribution in [0.3, 0.4) is 0 Å². The fourth-order valence-electron chi connectivity index (χ4n) is 2.24. The van der Waals surface area contributed by atoms with Crippen LogP contribution in [0.25, 0.3) is 0 Å². The number of thiazole rings is 1. The maximum Gasteiger partial charge on any atom is 0.244 e. The smallest absolute Gasteiger partial charge is 0.244 e. The van der Waals surface area contributed by atoms with Crippen LogP contribution in [0, 0.1) is 0 Å². The monoisotopic (exact) mass is 325 g/mol. The number of sulfonamides is 1. The van der Waals surface area contributed by atoms with Gasteiger partial charge in [0.2, 0.25) is 10.0 Å². The molecule has 8 heteroatoms. The van der Waals surface area contributed by atoms with Crippen molar-refractivity contribution in [3.8, 4) is 5.75 Å². The van der Waals surface area contributed by atoms with Gasteiger partial charge in [0, 0.05) is 17.3 Å². The zero-order chi connectivity index (χ0) is 14.9. The minimum absolute atomic E-state index is 0.105. The lowest BCUT2D eigenvalue weighted by Crippen LogP contribution is -2.25. The molecule has 0 spiro atoms. The summed E-state index contributed by atoms with van der Waals surface area (Å²) >= 11 is 1.40. The third-order valence-electron chi connectivity index (χ3n) is 3.18. The Balaban J connectivity index is 1.93. The first kappa shape index (κ1) is 14.3. The minimum atomic E-state index is -3.69. The van der Waals surface area contributed by atoms with Crippen molar-refractivity contribution in [2.45, 2.75) is 24.3 Å². The molecule has 0 atom stereocenters. The lowest BCUT2D eigenvalue weighted by Gasteiger charge is -2.21. The zero-order valence-electron chi connectivity index (χ0n) is 11.2. The van der Waals surface area contributed by atoms with E-state index < -0.39 is 10.0 Å². The van der Waals surface area contributed by atoms with E-state index in [1.54, 1.807) is 17.6 Å². The van der Waals surface area contributed by atoms with Gasteiger partial charge in [0.25, 0.3) is 0 Å². The van der Waals surface area contributed by atoms with E-state index in [4.69, 9.17) is 10.5 Å². The van der Waals surface area contributed by atoms with Crippen molar-refractivity contribution in [3.05, 3.63) is 34.3 Å². The highest BCUT2D eigenvalue weighted by Gasteiger charge is 2.25. The quantitative estimate of drug-likeness (QED) is 0.831. The number of nitrogens with one attached hydrogen (secondary N) is 1. The molecule has 21 heavy (non-hydrogen) atoms. The van der Waals surface area contributed by atoms with Crippen LogP contribution >= 0.6 is 11.3 Å². The van der Waals surface area contributed by atoms with Gasteiger partial charge in [0.15, 0.2) is 0 Å². The maximum absolute atomic E-state index is 12.5. The van der Waals surface area contributed by atoms with Gasteiger partial charge >= 0.3 is 0 Å². The third-order valence-corrected chi connectivity index (χ3v) is 5.36. The van der Waals surface area contributed by atoms with Gasteiger partial charge in [-0.15, -0.1) is 11.3 Å². The molecule has 3 N–H and O–H groups in total. The van der Waals surface area contributed by atoms with Gasteiger partial charge in [-0.3, -0.25) is 0 Å². The van der Waals surface area contributed by atoms with Crippen LogP contribution < -0.4 is 15.2 Å². The second kappa shape index (κ2) is 5.63. The molecule has 1 aliphatic heterocycles. The normalized spacial score (nSPS) is 14.5. The summed E-state index contributed by atoms with van der Waals surface area (Å²) in [4.78, 5) is 4.16. The Hall–Kier alpha value is -1.64. The zero-order valence-corrected chi connectivity index (χ0v) is 12.8. The van der Waals surface area contributed by atoms with Gasteiger partial charge in [0.05, 0.1) is 13.2 Å². The standard InChI is InChI=1S/C13H15N3O3S2/c14-10-6-9-2-1-4-19-13(9)11(7-10)21(17,18)16-8-12-15-3-5-20-12/h3,5-7,16H,1-2,4,8,14H2. The minimum Gasteiger partial charge on any atom is -0.492 e. The summed E-state index contributed by atoms with van der Waals surface area (Å²) in [5, 5.41) is 2.51. The van der Waals surface area contributed by atoms with E-state index in [0.717, 1.165) is 18.4 Å². The summed E-state index contributed by atoms with van der Waals surface area (Å²) in [6, 6.07) is 3.21. The SMILES string of the molecule is Nc1cc2c(c(S(=O)(=O)NCc3nccs3)c1)OCCC2. The predicted octanol–water partition coefficient (Wildman–Crippen LogP) is 1.53. The highest BCUT2D eigenvalue weighted by molar-refractivity contribution is 7.89. The van der Waals surface area contributed by atoms with Crippen molar-refractivity contribution in [2.24, 2.45) is 0 Å². The summed E-state index contributed by atoms with van der Waals surface area (Å²) in [5.74, 6) is 0.419. The van der Waals surface area contributed by atoms with Crippen LogP contribution in [0.5, 0.6) is 5.75 Å². The lowest BCUT2D eigenvalue weighted by atomic mass is 10.1. The Morgan fingerprint density at radius 1 is 1.43 bits per heavy atom. The first-order chi connectivity index (χ1) is 10.1. The number of hydrogen-bond acceptors (Lipinski definition) is 6. The van der Waals surface area contributed by atoms with Gasteiger partial charge in [0.1, 0.15) is 15.7 Å². The molecular formula is C13H15N3O3S2. The Morgan fingerprint density at radius 2 is 2.29 bits per heavy atom. The molecular weight excluding hydrogens is 310 g/mol. The number of nitrogens with zero attached hydrogens (tertiary/aromatic N) is 1. The number of aromatic nitrogens is 1. The van der Waals surface area contributed by atoms with Gasteiger partial charge in [-0.05, 0) is 30.5 Å². The van der Waals surface area contributed by atoms with Crippen LogP contribution in [0.2, 0.25) is 0 Å². The van der Waals surface area contributed by atoms with Crippen molar-refractivity contribution in [1.29, 1.82) is 0 Å². The molecule has 0 fully saturated rings. The average Bonchev–Trinajstić information content (AvgIpc) is 2.97. The first-order valence-corrected chi connectivity index (χ1v) is 8.86. The van der Waals surface area contributed by atoms with Gasteiger partial charge in [-0.25, -0.2) is 18.1 Å². The largest absolute Gasteiger partial charge is 0.492 e. The number of nitrogen functional groups attached to an aromatic ring is 1. The topological polar surface area (TPSA) is 94.3 Å². The number of fused-ring (bicyclic) bond motifs is 1. The van der Waals surface area contributed by atoms with Crippen molar-refractivity contribution in [2.75, 3.05) is 12.3 Å². The molecule has 1 aromatic heterocycles. The van der Waals surface area contributed by atoms with Gasteiger partial charge < -0.3 is 10.5 Å². The van der Waals surface area contributed by atoms with E-state index in [-0.39, 0.29) is 11.4 Å². The lowest BCUT2D eigenvalue weighted by molar-refractivity contribution is 0.280. The third kappa shape index (κ3) is 3.02. The molecule has 6 nitrogen and oxygen atoms in total. The molecule has 1 aliphatic rings. The molecule has 0 radical (unpaired) electrons. The first-order valence-electron chi connectivity index (χ1n) is 6.49. The number of anilines is 1. The van der Waals surface area contributed by atoms with Crippen LogP contribution in [0.4, 0.5) is 5.69 Å². The molecule has 2 aromatic rings. The molecule has 0 amide bonds. The Morgan fingerprint density at radius 3 is 3.05 bits per heavy atom. The number of ether oxygens (including phenoxy) is 1. The van der Waals surface area contributed by atoms with Crippen LogP contribution in [-0.4, -0.2) is 20.0 Å². The van der Waals surface area contributed by atoms with Gasteiger partial charge in [-0.1, -0.05) is 0 Å². The second-order valence-electron chi connectivity index (χ2n) is 4.71. The van der Waals surface area contributed by atoms with E-state index in [1.165, 1.54) is 17.4 Å². The fourth-order valence-corrected chi connectivity index (χ4v) is 4.10. The molecule has 0 aliphatic carbocycles. The summed E-state index contributed by atoms with van der Waals surface area (Å²) in [7, 11) is -3.69. The van der Waals surface area contributed by atoms with Crippen LogP contribution in [-0.2, 0) is 23.0 Å². The molecule has 0 saturated heterocycles. The Bertz CT molecular complexity index is 742. The van der Waals surface area contributed by atoms with Crippen molar-refractivity contribution in [3.63, 3.8) is 0 Å². The number of rotatable bonds is 4. The maximum atomic E-state index is 12.5. The Kier molecular flexibility index (Phi) is 3.83. The van der Waals surface area contributed by atoms with E-state index in [1.807, 2.05) is 0 Å². The summed E-state index contributed by atoms with van der Waals surface area (Å²) in [6.45, 7) is 0.676. The number of nitrogens with two attached hydrogens (primary N) is 1. The summed E-state index contributed by atoms with van der Waals surface area (Å²) in [6.07, 6.45) is 3.28. The fraction of sp³-hybridized carbons (Fsp3) is 0.308. The number of aryl methyl sites for hydroxylation is 1. The molecule has 0 unspecified atom stereocenters. The van der Waals surface area contributed by atoms with Gasteiger partial charge in [-0.2, -0.15) is 0 Å². The molecule has 3 rings (SSSR count). The van der Waals surface area contributed by atoms with Crippen molar-refractivity contribution < 1.29 is 13.2 Å². The number of benzene rings is 1. The number of hydrogen-bond donors (Lipinski definition) is 2. The highest BCUT2D eigenvalue weighted by Crippen LogP contribution is 2.34. The Labute approximate surface area is 127 Å². The van der Waals surface area contributed by atoms with E-state index in [9.17, 15) is 8.42 Å². The van der Waals surface area contributed by atoms with Crippen LogP contribution in [0.15, 0.2) is 28.6 Å². The van der Waals surface area contributed by atoms with E-state index in [2.05, 4.69) is 9.71 Å². The van der Waals surface area contributed by atoms with Crippen molar-refractivity contribution in [1.82, 2.24) is 9.71 Å². The van der Waals surface area contributed by atoms with E-state index in [0.29, 0.717) is 23.1 Å². The highest BCUT2D eigenvalue weighted by atomic mass is 32.2. The average molecular weight is 325 g/mol. The molecule has 112 valence electrons.